The van der Waals surface area contributed by atoms with E-state index in [9.17, 15) is 14.4 Å². The number of terminal acetylenes is 1. The summed E-state index contributed by atoms with van der Waals surface area (Å²) in [6.07, 6.45) is 11.8. The molecule has 0 spiro atoms. The zero-order valence-electron chi connectivity index (χ0n) is 22.9. The molecule has 0 bridgehead atoms. The third-order valence-corrected chi connectivity index (χ3v) is 7.68. The van der Waals surface area contributed by atoms with Gasteiger partial charge in [0.05, 0.1) is 6.10 Å². The van der Waals surface area contributed by atoms with E-state index in [2.05, 4.69) is 27.9 Å². The van der Waals surface area contributed by atoms with E-state index in [4.69, 9.17) is 20.6 Å². The van der Waals surface area contributed by atoms with Gasteiger partial charge in [-0.05, 0) is 49.8 Å². The molecule has 1 saturated heterocycles. The van der Waals surface area contributed by atoms with Crippen LogP contribution < -0.4 is 11.2 Å². The van der Waals surface area contributed by atoms with E-state index in [-0.39, 0.29) is 12.7 Å². The molecule has 1 aliphatic carbocycles. The van der Waals surface area contributed by atoms with Crippen LogP contribution in [-0.4, -0.2) is 52.5 Å². The largest absolute Gasteiger partial charge is 0.508 e. The fraction of sp³-hybridized carbons (Fsp3) is 0.567. The van der Waals surface area contributed by atoms with Crippen LogP contribution in [0.2, 0.25) is 0 Å². The average molecular weight is 538 g/mol. The lowest BCUT2D eigenvalue weighted by Crippen LogP contribution is -2.34. The summed E-state index contributed by atoms with van der Waals surface area (Å²) in [5.74, 6) is 3.30. The minimum atomic E-state index is -0.747. The quantitative estimate of drug-likeness (QED) is 0.359. The van der Waals surface area contributed by atoms with Crippen LogP contribution in [0.25, 0.3) is 0 Å². The van der Waals surface area contributed by atoms with E-state index in [1.165, 1.54) is 48.4 Å². The van der Waals surface area contributed by atoms with E-state index in [0.717, 1.165) is 18.7 Å². The Bertz CT molecular complexity index is 1260. The standard InChI is InChI=1S/C30H39N3O6/c1-4-22-11-13-24(14-12-22)20-32(19-23-9-7-6-8-10-23)15-16-37-30(36)39-26-17-27(38-25(26)5-2)33-18-21(3)28(34)31-29(33)35/h1,11-14,18,23,25-27H,5-10,15-17,19-20H2,2-3H3,(H,31,34,35)/t25-,26?,27-/m1/s1. The van der Waals surface area contributed by atoms with Gasteiger partial charge in [-0.2, -0.15) is 0 Å². The van der Waals surface area contributed by atoms with Crippen molar-refractivity contribution >= 4 is 6.16 Å². The molecule has 0 amide bonds. The van der Waals surface area contributed by atoms with Crippen LogP contribution in [0.4, 0.5) is 4.79 Å². The van der Waals surface area contributed by atoms with Gasteiger partial charge in [-0.1, -0.05) is 44.2 Å². The molecule has 2 aromatic rings. The lowest BCUT2D eigenvalue weighted by atomic mass is 9.89. The van der Waals surface area contributed by atoms with Crippen molar-refractivity contribution in [3.8, 4) is 12.3 Å². The second-order valence-electron chi connectivity index (χ2n) is 10.6. The first-order valence-electron chi connectivity index (χ1n) is 13.9. The van der Waals surface area contributed by atoms with Crippen LogP contribution in [0.15, 0.2) is 40.1 Å². The van der Waals surface area contributed by atoms with Gasteiger partial charge < -0.3 is 14.2 Å². The maximum absolute atomic E-state index is 12.6. The lowest BCUT2D eigenvalue weighted by Gasteiger charge is -2.29. The highest BCUT2D eigenvalue weighted by Crippen LogP contribution is 2.32. The van der Waals surface area contributed by atoms with Gasteiger partial charge in [0.15, 0.2) is 0 Å². The van der Waals surface area contributed by atoms with Gasteiger partial charge in [0, 0.05) is 43.4 Å². The van der Waals surface area contributed by atoms with Crippen molar-refractivity contribution in [2.45, 2.75) is 83.8 Å². The van der Waals surface area contributed by atoms with Crippen LogP contribution in [0, 0.1) is 25.2 Å². The number of carbonyl (C=O) groups is 1. The smallest absolute Gasteiger partial charge is 0.433 e. The number of nitrogens with one attached hydrogen (secondary N) is 1. The molecule has 2 fully saturated rings. The predicted molar refractivity (Wildman–Crippen MR) is 147 cm³/mol. The highest BCUT2D eigenvalue weighted by molar-refractivity contribution is 5.60. The summed E-state index contributed by atoms with van der Waals surface area (Å²) < 4.78 is 18.4. The molecule has 39 heavy (non-hydrogen) atoms. The number of aromatic amines is 1. The summed E-state index contributed by atoms with van der Waals surface area (Å²) >= 11 is 0. The Morgan fingerprint density at radius 1 is 1.21 bits per heavy atom. The van der Waals surface area contributed by atoms with Gasteiger partial charge in [0.2, 0.25) is 0 Å². The molecule has 210 valence electrons. The molecule has 0 radical (unpaired) electrons. The van der Waals surface area contributed by atoms with Crippen LogP contribution in [0.1, 0.15) is 74.8 Å². The number of rotatable bonds is 10. The number of benzene rings is 1. The molecule has 2 heterocycles. The Hall–Kier alpha value is -3.35. The van der Waals surface area contributed by atoms with Crippen molar-refractivity contribution in [3.63, 3.8) is 0 Å². The number of carbonyl (C=O) groups excluding carboxylic acids is 1. The van der Waals surface area contributed by atoms with E-state index < -0.39 is 29.7 Å². The third-order valence-electron chi connectivity index (χ3n) is 7.68. The monoisotopic (exact) mass is 537 g/mol. The van der Waals surface area contributed by atoms with E-state index in [0.29, 0.717) is 30.9 Å². The highest BCUT2D eigenvalue weighted by Gasteiger charge is 2.38. The maximum Gasteiger partial charge on any atom is 0.508 e. The van der Waals surface area contributed by atoms with E-state index in [1.807, 2.05) is 19.1 Å². The first-order valence-corrected chi connectivity index (χ1v) is 13.9. The van der Waals surface area contributed by atoms with E-state index in [1.54, 1.807) is 6.92 Å². The Balaban J connectivity index is 1.31. The molecule has 1 unspecified atom stereocenters. The summed E-state index contributed by atoms with van der Waals surface area (Å²) in [5, 5.41) is 0. The molecule has 9 heteroatoms. The minimum Gasteiger partial charge on any atom is -0.433 e. The van der Waals surface area contributed by atoms with Crippen molar-refractivity contribution in [2.24, 2.45) is 5.92 Å². The fourth-order valence-corrected chi connectivity index (χ4v) is 5.51. The molecule has 1 N–H and O–H groups in total. The summed E-state index contributed by atoms with van der Waals surface area (Å²) in [5.41, 5.74) is 1.44. The summed E-state index contributed by atoms with van der Waals surface area (Å²) in [6, 6.07) is 8.00. The van der Waals surface area contributed by atoms with Crippen molar-refractivity contribution in [2.75, 3.05) is 19.7 Å². The van der Waals surface area contributed by atoms with Crippen molar-refractivity contribution < 1.29 is 19.0 Å². The molecule has 1 aromatic heterocycles. The predicted octanol–water partition coefficient (Wildman–Crippen LogP) is 4.13. The minimum absolute atomic E-state index is 0.209. The van der Waals surface area contributed by atoms with Crippen LogP contribution in [0.3, 0.4) is 0 Å². The zero-order chi connectivity index (χ0) is 27.8. The van der Waals surface area contributed by atoms with Crippen LogP contribution >= 0.6 is 0 Å². The summed E-state index contributed by atoms with van der Waals surface area (Å²) in [4.78, 5) is 41.3. The first kappa shape index (κ1) is 28.7. The zero-order valence-corrected chi connectivity index (χ0v) is 22.9. The van der Waals surface area contributed by atoms with Gasteiger partial charge in [-0.25, -0.2) is 9.59 Å². The second kappa shape index (κ2) is 13.6. The van der Waals surface area contributed by atoms with Crippen LogP contribution in [-0.2, 0) is 20.8 Å². The van der Waals surface area contributed by atoms with Crippen LogP contribution in [0.5, 0.6) is 0 Å². The fourth-order valence-electron chi connectivity index (χ4n) is 5.51. The Kier molecular flexibility index (Phi) is 10.0. The first-order chi connectivity index (χ1) is 18.9. The Labute approximate surface area is 229 Å². The normalized spacial score (nSPS) is 21.5. The SMILES string of the molecule is C#Cc1ccc(CN(CCOC(=O)OC2C[C@H](n3cc(C)c(=O)[nH]c3=O)O[C@@H]2CC)CC2CCCCC2)cc1. The number of hydrogen-bond donors (Lipinski definition) is 1. The topological polar surface area (TPSA) is 103 Å². The molecule has 4 rings (SSSR count). The molecule has 9 nitrogen and oxygen atoms in total. The lowest BCUT2D eigenvalue weighted by molar-refractivity contribution is -0.0384. The van der Waals surface area contributed by atoms with Crippen molar-refractivity contribution in [1.29, 1.82) is 0 Å². The number of hydrogen-bond acceptors (Lipinski definition) is 7. The Morgan fingerprint density at radius 3 is 2.64 bits per heavy atom. The summed E-state index contributed by atoms with van der Waals surface area (Å²) in [6.45, 7) is 6.06. The molecule has 1 saturated carbocycles. The third kappa shape index (κ3) is 7.84. The molecule has 1 aliphatic heterocycles. The second-order valence-corrected chi connectivity index (χ2v) is 10.6. The van der Waals surface area contributed by atoms with Gasteiger partial charge in [0.1, 0.15) is 18.9 Å². The van der Waals surface area contributed by atoms with Gasteiger partial charge in [-0.15, -0.1) is 6.42 Å². The average Bonchev–Trinajstić information content (AvgIpc) is 3.34. The molecular formula is C30H39N3O6. The van der Waals surface area contributed by atoms with Gasteiger partial charge in [-0.3, -0.25) is 19.2 Å². The maximum atomic E-state index is 12.6. The molecule has 1 aromatic carbocycles. The highest BCUT2D eigenvalue weighted by atomic mass is 16.7. The van der Waals surface area contributed by atoms with E-state index >= 15 is 0 Å². The number of nitrogens with zero attached hydrogens (tertiary/aromatic N) is 2. The number of aromatic nitrogens is 2. The molecule has 2 aliphatic rings. The number of H-pyrrole nitrogens is 1. The molecular weight excluding hydrogens is 498 g/mol. The Morgan fingerprint density at radius 2 is 1.95 bits per heavy atom. The van der Waals surface area contributed by atoms with Crippen molar-refractivity contribution in [1.82, 2.24) is 14.5 Å². The number of aryl methyl sites for hydroxylation is 1. The summed E-state index contributed by atoms with van der Waals surface area (Å²) in [7, 11) is 0. The van der Waals surface area contributed by atoms with Gasteiger partial charge >= 0.3 is 11.8 Å². The number of ether oxygens (including phenoxy) is 3. The molecule has 3 atom stereocenters. The van der Waals surface area contributed by atoms with Crippen molar-refractivity contribution in [3.05, 3.63) is 68.0 Å². The van der Waals surface area contributed by atoms with Gasteiger partial charge in [0.25, 0.3) is 5.56 Å².